The summed E-state index contributed by atoms with van der Waals surface area (Å²) in [6.45, 7) is 4.57. The number of fused-ring (bicyclic) bond motifs is 1. The summed E-state index contributed by atoms with van der Waals surface area (Å²) in [5.41, 5.74) is 2.79. The highest BCUT2D eigenvalue weighted by atomic mass is 19.1. The molecule has 5 heteroatoms. The summed E-state index contributed by atoms with van der Waals surface area (Å²) in [5, 5.41) is 8.38. The van der Waals surface area contributed by atoms with Gasteiger partial charge in [-0.05, 0) is 54.8 Å². The Hall–Kier alpha value is -2.69. The van der Waals surface area contributed by atoms with E-state index < -0.39 is 0 Å². The van der Waals surface area contributed by atoms with E-state index in [0.29, 0.717) is 6.54 Å². The zero-order chi connectivity index (χ0) is 17.8. The van der Waals surface area contributed by atoms with E-state index in [0.717, 1.165) is 35.0 Å². The van der Waals surface area contributed by atoms with Crippen molar-refractivity contribution >= 4 is 16.8 Å². The largest absolute Gasteiger partial charge is 0.352 e. The van der Waals surface area contributed by atoms with Gasteiger partial charge in [-0.25, -0.2) is 9.07 Å². The molecule has 0 aliphatic heterocycles. The number of carbonyl (C=O) groups excluding carboxylic acids is 1. The van der Waals surface area contributed by atoms with Gasteiger partial charge in [-0.3, -0.25) is 4.79 Å². The number of nitrogens with one attached hydrogen (secondary N) is 1. The molecule has 130 valence electrons. The molecule has 0 radical (unpaired) electrons. The van der Waals surface area contributed by atoms with E-state index in [1.54, 1.807) is 23.0 Å². The van der Waals surface area contributed by atoms with Crippen molar-refractivity contribution in [3.05, 3.63) is 60.0 Å². The number of hydrogen-bond acceptors (Lipinski definition) is 2. The molecule has 4 nitrogen and oxygen atoms in total. The van der Waals surface area contributed by atoms with Gasteiger partial charge < -0.3 is 5.32 Å². The highest BCUT2D eigenvalue weighted by molar-refractivity contribution is 5.81. The van der Waals surface area contributed by atoms with Gasteiger partial charge in [-0.2, -0.15) is 5.10 Å². The fourth-order valence-electron chi connectivity index (χ4n) is 2.97. The van der Waals surface area contributed by atoms with Crippen molar-refractivity contribution in [1.29, 1.82) is 0 Å². The molecule has 0 saturated carbocycles. The van der Waals surface area contributed by atoms with Crippen molar-refractivity contribution < 1.29 is 9.18 Å². The minimum Gasteiger partial charge on any atom is -0.352 e. The van der Waals surface area contributed by atoms with Gasteiger partial charge in [0.15, 0.2) is 0 Å². The summed E-state index contributed by atoms with van der Waals surface area (Å²) in [7, 11) is 0. The number of carbonyl (C=O) groups is 1. The van der Waals surface area contributed by atoms with Crippen molar-refractivity contribution in [3.8, 4) is 5.69 Å². The number of rotatable bonds is 6. The number of hydrogen-bond donors (Lipinski definition) is 1. The third kappa shape index (κ3) is 3.71. The van der Waals surface area contributed by atoms with E-state index in [1.165, 1.54) is 12.1 Å². The summed E-state index contributed by atoms with van der Waals surface area (Å²) in [6, 6.07) is 12.2. The smallest absolute Gasteiger partial charge is 0.223 e. The number of amides is 1. The van der Waals surface area contributed by atoms with Crippen LogP contribution < -0.4 is 5.32 Å². The van der Waals surface area contributed by atoms with Crippen LogP contribution in [0.4, 0.5) is 4.39 Å². The first-order chi connectivity index (χ1) is 12.1. The van der Waals surface area contributed by atoms with Crippen LogP contribution in [0.2, 0.25) is 0 Å². The van der Waals surface area contributed by atoms with Crippen LogP contribution in [-0.4, -0.2) is 15.7 Å². The van der Waals surface area contributed by atoms with Gasteiger partial charge >= 0.3 is 0 Å². The van der Waals surface area contributed by atoms with Crippen molar-refractivity contribution in [2.45, 2.75) is 33.2 Å². The maximum Gasteiger partial charge on any atom is 0.223 e. The zero-order valence-electron chi connectivity index (χ0n) is 14.5. The van der Waals surface area contributed by atoms with Crippen LogP contribution in [0.5, 0.6) is 0 Å². The van der Waals surface area contributed by atoms with Crippen LogP contribution in [0.25, 0.3) is 16.6 Å². The Kier molecular flexibility index (Phi) is 5.12. The minimum atomic E-state index is -0.268. The number of aromatic nitrogens is 2. The molecule has 1 aromatic heterocycles. The summed E-state index contributed by atoms with van der Waals surface area (Å²) in [6.07, 6.45) is 3.49. The van der Waals surface area contributed by atoms with Gasteiger partial charge in [0.05, 0.1) is 17.4 Å². The molecule has 2 aromatic carbocycles. The predicted octanol–water partition coefficient (Wildman–Crippen LogP) is 4.22. The van der Waals surface area contributed by atoms with Gasteiger partial charge in [-0.1, -0.05) is 19.9 Å². The first-order valence-electron chi connectivity index (χ1n) is 8.62. The normalized spacial score (nSPS) is 11.2. The highest BCUT2D eigenvalue weighted by Gasteiger charge is 2.13. The van der Waals surface area contributed by atoms with Crippen molar-refractivity contribution in [1.82, 2.24) is 15.1 Å². The van der Waals surface area contributed by atoms with Crippen LogP contribution in [0.15, 0.2) is 48.7 Å². The molecule has 0 atom stereocenters. The molecule has 0 aliphatic carbocycles. The van der Waals surface area contributed by atoms with Crippen LogP contribution in [0.3, 0.4) is 0 Å². The molecular formula is C20H22FN3O. The SMILES string of the molecule is CCC(CC)C(=O)NCc1ccc2c(cnn2-c2ccc(F)cc2)c1. The average molecular weight is 339 g/mol. The van der Waals surface area contributed by atoms with E-state index in [2.05, 4.69) is 10.4 Å². The number of halogens is 1. The number of nitrogens with zero attached hydrogens (tertiary/aromatic N) is 2. The van der Waals surface area contributed by atoms with Crippen molar-refractivity contribution in [2.75, 3.05) is 0 Å². The Morgan fingerprint density at radius 2 is 1.88 bits per heavy atom. The lowest BCUT2D eigenvalue weighted by molar-refractivity contribution is -0.125. The second-order valence-electron chi connectivity index (χ2n) is 6.16. The molecule has 1 amide bonds. The first kappa shape index (κ1) is 17.1. The molecule has 3 rings (SSSR count). The fourth-order valence-corrected chi connectivity index (χ4v) is 2.97. The topological polar surface area (TPSA) is 46.9 Å². The molecule has 0 bridgehead atoms. The lowest BCUT2D eigenvalue weighted by atomic mass is 10.0. The minimum absolute atomic E-state index is 0.0740. The fraction of sp³-hybridized carbons (Fsp3) is 0.300. The van der Waals surface area contributed by atoms with E-state index in [4.69, 9.17) is 0 Å². The molecule has 0 aliphatic rings. The summed E-state index contributed by atoms with van der Waals surface area (Å²) in [4.78, 5) is 12.1. The molecule has 1 heterocycles. The highest BCUT2D eigenvalue weighted by Crippen LogP contribution is 2.20. The maximum atomic E-state index is 13.1. The Balaban J connectivity index is 1.78. The second kappa shape index (κ2) is 7.47. The Morgan fingerprint density at radius 3 is 2.56 bits per heavy atom. The third-order valence-electron chi connectivity index (χ3n) is 4.53. The molecule has 0 spiro atoms. The maximum absolute atomic E-state index is 13.1. The van der Waals surface area contributed by atoms with Gasteiger partial charge in [-0.15, -0.1) is 0 Å². The van der Waals surface area contributed by atoms with Gasteiger partial charge in [0.1, 0.15) is 5.82 Å². The standard InChI is InChI=1S/C20H22FN3O/c1-3-15(4-2)20(25)22-12-14-5-10-19-16(11-14)13-23-24(19)18-8-6-17(21)7-9-18/h5-11,13,15H,3-4,12H2,1-2H3,(H,22,25). The Labute approximate surface area is 146 Å². The van der Waals surface area contributed by atoms with Crippen molar-refractivity contribution in [2.24, 2.45) is 5.92 Å². The van der Waals surface area contributed by atoms with Crippen LogP contribution >= 0.6 is 0 Å². The molecule has 1 N–H and O–H groups in total. The van der Waals surface area contributed by atoms with E-state index in [1.807, 2.05) is 32.0 Å². The lowest BCUT2D eigenvalue weighted by Gasteiger charge is -2.12. The van der Waals surface area contributed by atoms with E-state index >= 15 is 0 Å². The summed E-state index contributed by atoms with van der Waals surface area (Å²) >= 11 is 0. The lowest BCUT2D eigenvalue weighted by Crippen LogP contribution is -2.29. The van der Waals surface area contributed by atoms with Crippen LogP contribution in [0.1, 0.15) is 32.3 Å². The second-order valence-corrected chi connectivity index (χ2v) is 6.16. The Morgan fingerprint density at radius 1 is 1.16 bits per heavy atom. The van der Waals surface area contributed by atoms with Gasteiger partial charge in [0.25, 0.3) is 0 Å². The average Bonchev–Trinajstić information content (AvgIpc) is 3.05. The molecule has 3 aromatic rings. The van der Waals surface area contributed by atoms with Crippen LogP contribution in [-0.2, 0) is 11.3 Å². The van der Waals surface area contributed by atoms with Crippen LogP contribution in [0, 0.1) is 11.7 Å². The monoisotopic (exact) mass is 339 g/mol. The number of benzene rings is 2. The van der Waals surface area contributed by atoms with Gasteiger partial charge in [0.2, 0.25) is 5.91 Å². The predicted molar refractivity (Wildman–Crippen MR) is 96.9 cm³/mol. The first-order valence-corrected chi connectivity index (χ1v) is 8.62. The molecule has 25 heavy (non-hydrogen) atoms. The quantitative estimate of drug-likeness (QED) is 0.731. The third-order valence-corrected chi connectivity index (χ3v) is 4.53. The van der Waals surface area contributed by atoms with E-state index in [-0.39, 0.29) is 17.6 Å². The molecule has 0 saturated heterocycles. The molecule has 0 unspecified atom stereocenters. The zero-order valence-corrected chi connectivity index (χ0v) is 14.5. The van der Waals surface area contributed by atoms with Crippen molar-refractivity contribution in [3.63, 3.8) is 0 Å². The Bertz CT molecular complexity index is 866. The summed E-state index contributed by atoms with van der Waals surface area (Å²) in [5.74, 6) is -0.0900. The van der Waals surface area contributed by atoms with E-state index in [9.17, 15) is 9.18 Å². The summed E-state index contributed by atoms with van der Waals surface area (Å²) < 4.78 is 14.9. The molecular weight excluding hydrogens is 317 g/mol. The van der Waals surface area contributed by atoms with Gasteiger partial charge in [0, 0.05) is 17.8 Å². The molecule has 0 fully saturated rings.